The van der Waals surface area contributed by atoms with Crippen molar-refractivity contribution in [2.45, 2.75) is 25.7 Å². The summed E-state index contributed by atoms with van der Waals surface area (Å²) < 4.78 is 0. The number of benzene rings is 1. The molecule has 1 fully saturated rings. The van der Waals surface area contributed by atoms with Gasteiger partial charge in [-0.3, -0.25) is 0 Å². The minimum absolute atomic E-state index is 0.457. The largest absolute Gasteiger partial charge is 0.232 e. The van der Waals surface area contributed by atoms with Gasteiger partial charge in [0.25, 0.3) is 0 Å². The lowest BCUT2D eigenvalue weighted by molar-refractivity contribution is 0.931. The Balaban J connectivity index is 2.08. The zero-order valence-electron chi connectivity index (χ0n) is 10.5. The van der Waals surface area contributed by atoms with Gasteiger partial charge in [0.15, 0.2) is 0 Å². The molecule has 0 amide bonds. The molecule has 1 aliphatic rings. The van der Waals surface area contributed by atoms with Crippen LogP contribution in [0.5, 0.6) is 0 Å². The van der Waals surface area contributed by atoms with Crippen molar-refractivity contribution in [3.63, 3.8) is 0 Å². The molecule has 19 heavy (non-hydrogen) atoms. The molecule has 0 radical (unpaired) electrons. The third kappa shape index (κ3) is 2.45. The monoisotopic (exact) mass is 269 g/mol. The highest BCUT2D eigenvalue weighted by Crippen LogP contribution is 2.39. The fourth-order valence-electron chi connectivity index (χ4n) is 2.01. The summed E-state index contributed by atoms with van der Waals surface area (Å²) in [5.41, 5.74) is 3.33. The van der Waals surface area contributed by atoms with Gasteiger partial charge in [0, 0.05) is 17.5 Å². The predicted molar refractivity (Wildman–Crippen MR) is 73.9 cm³/mol. The maximum Gasteiger partial charge on any atom is 0.133 e. The van der Waals surface area contributed by atoms with Crippen LogP contribution >= 0.6 is 11.6 Å². The molecule has 0 N–H and O–H groups in total. The van der Waals surface area contributed by atoms with E-state index >= 15 is 0 Å². The lowest BCUT2D eigenvalue weighted by Gasteiger charge is -2.06. The Morgan fingerprint density at radius 2 is 2.05 bits per heavy atom. The van der Waals surface area contributed by atoms with E-state index in [9.17, 15) is 0 Å². The molecular formula is C15H12ClN3. The van der Waals surface area contributed by atoms with Gasteiger partial charge >= 0.3 is 0 Å². The van der Waals surface area contributed by atoms with Crippen LogP contribution in [0.15, 0.2) is 24.3 Å². The minimum Gasteiger partial charge on any atom is -0.232 e. The van der Waals surface area contributed by atoms with E-state index in [2.05, 4.69) is 16.0 Å². The van der Waals surface area contributed by atoms with E-state index in [0.29, 0.717) is 16.6 Å². The SMILES string of the molecule is Cc1ccc(-c2cc(Cl)nc(C3CC3)n2)cc1C#N. The Bertz CT molecular complexity index is 684. The number of halogens is 1. The van der Waals surface area contributed by atoms with Crippen molar-refractivity contribution in [3.05, 3.63) is 46.4 Å². The Hall–Kier alpha value is -1.92. The molecule has 1 aliphatic carbocycles. The predicted octanol–water partition coefficient (Wildman–Crippen LogP) is 3.85. The molecule has 0 saturated heterocycles. The number of aromatic nitrogens is 2. The Morgan fingerprint density at radius 1 is 1.26 bits per heavy atom. The zero-order valence-corrected chi connectivity index (χ0v) is 11.3. The molecule has 1 aromatic heterocycles. The standard InChI is InChI=1S/C15H12ClN3/c1-9-2-3-11(6-12(9)8-17)13-7-14(16)19-15(18-13)10-4-5-10/h2-3,6-7,10H,4-5H2,1H3. The third-order valence-corrected chi connectivity index (χ3v) is 3.50. The Morgan fingerprint density at radius 3 is 2.74 bits per heavy atom. The van der Waals surface area contributed by atoms with Crippen LogP contribution in [-0.2, 0) is 0 Å². The topological polar surface area (TPSA) is 49.6 Å². The highest BCUT2D eigenvalue weighted by atomic mass is 35.5. The van der Waals surface area contributed by atoms with Gasteiger partial charge in [-0.15, -0.1) is 0 Å². The molecule has 0 atom stereocenters. The number of nitriles is 1. The van der Waals surface area contributed by atoms with Crippen LogP contribution in [0.4, 0.5) is 0 Å². The summed E-state index contributed by atoms with van der Waals surface area (Å²) in [7, 11) is 0. The van der Waals surface area contributed by atoms with Crippen molar-refractivity contribution < 1.29 is 0 Å². The molecular weight excluding hydrogens is 258 g/mol. The van der Waals surface area contributed by atoms with Crippen LogP contribution in [0.2, 0.25) is 5.15 Å². The lowest BCUT2D eigenvalue weighted by Crippen LogP contribution is -1.96. The maximum absolute atomic E-state index is 9.09. The van der Waals surface area contributed by atoms with Gasteiger partial charge in [-0.1, -0.05) is 23.7 Å². The summed E-state index contributed by atoms with van der Waals surface area (Å²) >= 11 is 6.06. The van der Waals surface area contributed by atoms with E-state index < -0.39 is 0 Å². The third-order valence-electron chi connectivity index (χ3n) is 3.31. The van der Waals surface area contributed by atoms with Crippen molar-refractivity contribution >= 4 is 11.6 Å². The summed E-state index contributed by atoms with van der Waals surface area (Å²) in [6.45, 7) is 1.92. The van der Waals surface area contributed by atoms with Crippen LogP contribution in [0.25, 0.3) is 11.3 Å². The van der Waals surface area contributed by atoms with Crippen LogP contribution in [0.3, 0.4) is 0 Å². The van der Waals surface area contributed by atoms with Gasteiger partial charge in [-0.05, 0) is 31.4 Å². The smallest absolute Gasteiger partial charge is 0.133 e. The van der Waals surface area contributed by atoms with Crippen molar-refractivity contribution in [1.29, 1.82) is 5.26 Å². The number of nitrogens with zero attached hydrogens (tertiary/aromatic N) is 3. The van der Waals surface area contributed by atoms with Gasteiger partial charge < -0.3 is 0 Å². The Kier molecular flexibility index (Phi) is 2.96. The second-order valence-corrected chi connectivity index (χ2v) is 5.24. The van der Waals surface area contributed by atoms with Crippen LogP contribution in [0, 0.1) is 18.3 Å². The fraction of sp³-hybridized carbons (Fsp3) is 0.267. The van der Waals surface area contributed by atoms with Gasteiger partial charge in [0.05, 0.1) is 17.3 Å². The molecule has 3 rings (SSSR count). The van der Waals surface area contributed by atoms with Crippen molar-refractivity contribution in [1.82, 2.24) is 9.97 Å². The number of rotatable bonds is 2. The molecule has 1 heterocycles. The average Bonchev–Trinajstić information content (AvgIpc) is 3.23. The van der Waals surface area contributed by atoms with Gasteiger partial charge in [-0.25, -0.2) is 9.97 Å². The molecule has 2 aromatic rings. The second-order valence-electron chi connectivity index (χ2n) is 4.85. The molecule has 1 aromatic carbocycles. The molecule has 0 aliphatic heterocycles. The van der Waals surface area contributed by atoms with Gasteiger partial charge in [0.1, 0.15) is 11.0 Å². The van der Waals surface area contributed by atoms with E-state index in [1.165, 1.54) is 0 Å². The Labute approximate surface area is 116 Å². The summed E-state index contributed by atoms with van der Waals surface area (Å²) in [6.07, 6.45) is 2.27. The summed E-state index contributed by atoms with van der Waals surface area (Å²) in [5.74, 6) is 1.28. The lowest BCUT2D eigenvalue weighted by atomic mass is 10.0. The summed E-state index contributed by atoms with van der Waals surface area (Å²) in [4.78, 5) is 8.84. The van der Waals surface area contributed by atoms with Gasteiger partial charge in [-0.2, -0.15) is 5.26 Å². The van der Waals surface area contributed by atoms with Gasteiger partial charge in [0.2, 0.25) is 0 Å². The normalized spacial score (nSPS) is 14.2. The molecule has 1 saturated carbocycles. The summed E-state index contributed by atoms with van der Waals surface area (Å²) in [5, 5.41) is 9.55. The summed E-state index contributed by atoms with van der Waals surface area (Å²) in [6, 6.07) is 9.69. The van der Waals surface area contributed by atoms with Crippen molar-refractivity contribution in [3.8, 4) is 17.3 Å². The molecule has 3 nitrogen and oxygen atoms in total. The van der Waals surface area contributed by atoms with Crippen LogP contribution in [0.1, 0.15) is 35.7 Å². The van der Waals surface area contributed by atoms with E-state index in [1.54, 1.807) is 6.07 Å². The van der Waals surface area contributed by atoms with E-state index in [-0.39, 0.29) is 0 Å². The molecule has 0 unspecified atom stereocenters. The van der Waals surface area contributed by atoms with E-state index in [0.717, 1.165) is 35.5 Å². The average molecular weight is 270 g/mol. The first-order valence-corrected chi connectivity index (χ1v) is 6.61. The van der Waals surface area contributed by atoms with Crippen molar-refractivity contribution in [2.24, 2.45) is 0 Å². The molecule has 4 heteroatoms. The first-order chi connectivity index (χ1) is 9.17. The number of aryl methyl sites for hydroxylation is 1. The maximum atomic E-state index is 9.09. The second kappa shape index (κ2) is 4.64. The minimum atomic E-state index is 0.457. The molecule has 94 valence electrons. The fourth-order valence-corrected chi connectivity index (χ4v) is 2.20. The van der Waals surface area contributed by atoms with Crippen molar-refractivity contribution in [2.75, 3.05) is 0 Å². The quantitative estimate of drug-likeness (QED) is 0.778. The highest BCUT2D eigenvalue weighted by molar-refractivity contribution is 6.29. The van der Waals surface area contributed by atoms with Crippen LogP contribution < -0.4 is 0 Å². The van der Waals surface area contributed by atoms with E-state index in [1.807, 2.05) is 25.1 Å². The highest BCUT2D eigenvalue weighted by Gasteiger charge is 2.27. The molecule has 0 bridgehead atoms. The number of hydrogen-bond donors (Lipinski definition) is 0. The first kappa shape index (κ1) is 12.1. The zero-order chi connectivity index (χ0) is 13.4. The number of hydrogen-bond acceptors (Lipinski definition) is 3. The first-order valence-electron chi connectivity index (χ1n) is 6.23. The molecule has 0 spiro atoms. The van der Waals surface area contributed by atoms with E-state index in [4.69, 9.17) is 16.9 Å². The van der Waals surface area contributed by atoms with Crippen LogP contribution in [-0.4, -0.2) is 9.97 Å².